The van der Waals surface area contributed by atoms with Gasteiger partial charge in [-0.25, -0.2) is 4.68 Å². The number of hydrogen-bond donors (Lipinski definition) is 1. The molecule has 0 saturated carbocycles. The largest absolute Gasteiger partial charge is 0.497 e. The van der Waals surface area contributed by atoms with Crippen LogP contribution in [0.3, 0.4) is 0 Å². The van der Waals surface area contributed by atoms with Gasteiger partial charge in [-0.3, -0.25) is 9.59 Å². The van der Waals surface area contributed by atoms with Gasteiger partial charge >= 0.3 is 12.4 Å². The van der Waals surface area contributed by atoms with Crippen molar-refractivity contribution in [2.75, 3.05) is 25.5 Å². The van der Waals surface area contributed by atoms with Gasteiger partial charge in [0.15, 0.2) is 0 Å². The lowest BCUT2D eigenvalue weighted by Gasteiger charge is -2.25. The average molecular weight is 619 g/mol. The molecule has 0 saturated heterocycles. The molecule has 0 aliphatic carbocycles. The molecule has 13 heteroatoms. The second-order valence-corrected chi connectivity index (χ2v) is 10.3. The lowest BCUT2D eigenvalue weighted by atomic mass is 10.0. The molecule has 0 radical (unpaired) electrons. The molecule has 0 bridgehead atoms. The highest BCUT2D eigenvalue weighted by atomic mass is 19.4. The maximum absolute atomic E-state index is 13.4. The first-order valence-electron chi connectivity index (χ1n) is 13.3. The number of carbonyl (C=O) groups is 2. The van der Waals surface area contributed by atoms with Crippen LogP contribution in [-0.2, 0) is 17.1 Å². The van der Waals surface area contributed by atoms with E-state index < -0.39 is 47.4 Å². The zero-order valence-electron chi connectivity index (χ0n) is 23.8. The Bertz CT molecular complexity index is 1580. The van der Waals surface area contributed by atoms with Gasteiger partial charge in [-0.15, -0.1) is 0 Å². The van der Waals surface area contributed by atoms with E-state index in [1.54, 1.807) is 44.2 Å². The maximum atomic E-state index is 13.4. The van der Waals surface area contributed by atoms with Crippen LogP contribution in [0.25, 0.3) is 16.9 Å². The van der Waals surface area contributed by atoms with Crippen LogP contribution in [0.5, 0.6) is 5.75 Å². The molecule has 1 N–H and O–H groups in total. The van der Waals surface area contributed by atoms with Crippen LogP contribution in [0, 0.1) is 5.92 Å². The minimum Gasteiger partial charge on any atom is -0.497 e. The van der Waals surface area contributed by atoms with E-state index >= 15 is 0 Å². The van der Waals surface area contributed by atoms with Gasteiger partial charge in [0.25, 0.3) is 5.91 Å². The van der Waals surface area contributed by atoms with E-state index in [1.807, 2.05) is 30.3 Å². The topological polar surface area (TPSA) is 76.5 Å². The molecule has 4 aromatic rings. The van der Waals surface area contributed by atoms with E-state index in [0.717, 1.165) is 10.5 Å². The van der Waals surface area contributed by atoms with E-state index in [2.05, 4.69) is 10.4 Å². The maximum Gasteiger partial charge on any atom is 0.416 e. The van der Waals surface area contributed by atoms with E-state index in [1.165, 1.54) is 11.8 Å². The third-order valence-corrected chi connectivity index (χ3v) is 6.41. The molecule has 1 heterocycles. The third kappa shape index (κ3) is 7.77. The smallest absolute Gasteiger partial charge is 0.416 e. The number of alkyl halides is 6. The number of nitrogens with one attached hydrogen (secondary N) is 1. The molecule has 0 atom stereocenters. The quantitative estimate of drug-likeness (QED) is 0.200. The van der Waals surface area contributed by atoms with E-state index in [9.17, 15) is 35.9 Å². The molecule has 0 fully saturated rings. The van der Waals surface area contributed by atoms with Crippen molar-refractivity contribution < 1.29 is 40.7 Å². The summed E-state index contributed by atoms with van der Waals surface area (Å²) < 4.78 is 87.3. The van der Waals surface area contributed by atoms with Crippen LogP contribution in [0.4, 0.5) is 32.2 Å². The summed E-state index contributed by atoms with van der Waals surface area (Å²) in [5, 5.41) is 7.29. The number of methoxy groups -OCH3 is 1. The predicted octanol–water partition coefficient (Wildman–Crippen LogP) is 7.32. The number of carbonyl (C=O) groups excluding carboxylic acids is 2. The number of ether oxygens (including phenoxy) is 1. The number of halogens is 6. The first kappa shape index (κ1) is 32.1. The molecule has 44 heavy (non-hydrogen) atoms. The highest BCUT2D eigenvalue weighted by Crippen LogP contribution is 2.36. The van der Waals surface area contributed by atoms with Crippen molar-refractivity contribution in [2.45, 2.75) is 26.2 Å². The second kappa shape index (κ2) is 12.8. The monoisotopic (exact) mass is 618 g/mol. The van der Waals surface area contributed by atoms with Crippen LogP contribution in [0.1, 0.15) is 35.3 Å². The zero-order chi connectivity index (χ0) is 32.2. The highest BCUT2D eigenvalue weighted by Gasteiger charge is 2.38. The van der Waals surface area contributed by atoms with Crippen LogP contribution >= 0.6 is 0 Å². The average Bonchev–Trinajstić information content (AvgIpc) is 3.39. The van der Waals surface area contributed by atoms with Gasteiger partial charge in [-0.05, 0) is 48.4 Å². The van der Waals surface area contributed by atoms with Gasteiger partial charge < -0.3 is 15.0 Å². The van der Waals surface area contributed by atoms with Gasteiger partial charge in [0.2, 0.25) is 5.91 Å². The Labute approximate surface area is 249 Å². The molecule has 1 aromatic heterocycles. The number of rotatable bonds is 9. The first-order valence-corrected chi connectivity index (χ1v) is 13.3. The van der Waals surface area contributed by atoms with Gasteiger partial charge in [-0.1, -0.05) is 44.2 Å². The summed E-state index contributed by atoms with van der Waals surface area (Å²) >= 11 is 0. The van der Waals surface area contributed by atoms with Crippen molar-refractivity contribution >= 4 is 17.6 Å². The van der Waals surface area contributed by atoms with E-state index in [-0.39, 0.29) is 24.3 Å². The lowest BCUT2D eigenvalue weighted by Crippen LogP contribution is -2.40. The molecule has 0 aliphatic rings. The fourth-order valence-electron chi connectivity index (χ4n) is 4.42. The van der Waals surface area contributed by atoms with Crippen LogP contribution < -0.4 is 10.1 Å². The summed E-state index contributed by atoms with van der Waals surface area (Å²) in [5.74, 6) is -1.36. The van der Waals surface area contributed by atoms with Crippen LogP contribution in [-0.4, -0.2) is 46.7 Å². The van der Waals surface area contributed by atoms with Gasteiger partial charge in [-0.2, -0.15) is 31.4 Å². The summed E-state index contributed by atoms with van der Waals surface area (Å²) in [4.78, 5) is 27.6. The summed E-state index contributed by atoms with van der Waals surface area (Å²) in [6.07, 6.45) is -10.3. The van der Waals surface area contributed by atoms with Crippen molar-refractivity contribution in [3.63, 3.8) is 0 Å². The van der Waals surface area contributed by atoms with Gasteiger partial charge in [0.05, 0.1) is 29.6 Å². The summed E-state index contributed by atoms with van der Waals surface area (Å²) in [6, 6.07) is 18.1. The van der Waals surface area contributed by atoms with Crippen LogP contribution in [0.15, 0.2) is 78.9 Å². The van der Waals surface area contributed by atoms with E-state index in [4.69, 9.17) is 4.74 Å². The Kier molecular flexibility index (Phi) is 9.36. The molecule has 232 valence electrons. The fraction of sp³-hybridized carbons (Fsp3) is 0.258. The molecule has 0 spiro atoms. The summed E-state index contributed by atoms with van der Waals surface area (Å²) in [5.41, 5.74) is -2.27. The van der Waals surface area contributed by atoms with Crippen molar-refractivity contribution in [3.05, 3.63) is 95.6 Å². The Morgan fingerprint density at radius 3 is 2.00 bits per heavy atom. The van der Waals surface area contributed by atoms with Crippen molar-refractivity contribution in [3.8, 4) is 22.7 Å². The Morgan fingerprint density at radius 2 is 1.48 bits per heavy atom. The zero-order valence-corrected chi connectivity index (χ0v) is 23.8. The molecule has 4 rings (SSSR count). The molecule has 2 amide bonds. The molecule has 3 aromatic carbocycles. The fourth-order valence-corrected chi connectivity index (χ4v) is 4.42. The third-order valence-electron chi connectivity index (χ3n) is 6.41. The lowest BCUT2D eigenvalue weighted by molar-refractivity contribution is -0.143. The Morgan fingerprint density at radius 1 is 0.886 bits per heavy atom. The number of amides is 2. The van der Waals surface area contributed by atoms with E-state index in [0.29, 0.717) is 29.3 Å². The summed E-state index contributed by atoms with van der Waals surface area (Å²) in [7, 11) is 1.51. The normalized spacial score (nSPS) is 11.9. The molecular weight excluding hydrogens is 590 g/mol. The number of benzene rings is 3. The molecule has 7 nitrogen and oxygen atoms in total. The van der Waals surface area contributed by atoms with Crippen molar-refractivity contribution in [1.82, 2.24) is 14.7 Å². The summed E-state index contributed by atoms with van der Waals surface area (Å²) in [6.45, 7) is 2.62. The van der Waals surface area contributed by atoms with Crippen molar-refractivity contribution in [1.29, 1.82) is 0 Å². The number of hydrogen-bond acceptors (Lipinski definition) is 4. The molecular formula is C31H28F6N4O3. The first-order chi connectivity index (χ1) is 20.7. The number of anilines is 1. The Balaban J connectivity index is 1.66. The van der Waals surface area contributed by atoms with Gasteiger partial charge in [0, 0.05) is 23.7 Å². The van der Waals surface area contributed by atoms with Crippen molar-refractivity contribution in [2.24, 2.45) is 5.92 Å². The Hall–Kier alpha value is -4.81. The highest BCUT2D eigenvalue weighted by molar-refractivity contribution is 5.99. The SMILES string of the molecule is COc1ccc(-n2nc(-c3ccccc3)cc2NC(=O)CN(CC(C)C)C(=O)c2cc(C(F)(F)F)cc(C(F)(F)F)c2)cc1. The molecule has 0 unspecified atom stereocenters. The van der Waals surface area contributed by atoms with Gasteiger partial charge in [0.1, 0.15) is 18.1 Å². The predicted molar refractivity (Wildman–Crippen MR) is 151 cm³/mol. The minimum absolute atomic E-state index is 0.0546. The van der Waals surface area contributed by atoms with Crippen LogP contribution in [0.2, 0.25) is 0 Å². The number of nitrogens with zero attached hydrogens (tertiary/aromatic N) is 3. The minimum atomic E-state index is -5.13. The second-order valence-electron chi connectivity index (χ2n) is 10.3. The standard InChI is InChI=1S/C31H28F6N4O3/c1-19(2)17-40(29(43)21-13-22(30(32,33)34)15-23(14-21)31(35,36)37)18-28(42)38-27-16-26(20-7-5-4-6-8-20)39-41(27)24-9-11-25(44-3)12-10-24/h4-16,19H,17-18H2,1-3H3,(H,38,42). The number of aromatic nitrogens is 2. The molecule has 0 aliphatic heterocycles.